The Balaban J connectivity index is 1.89. The van der Waals surface area contributed by atoms with E-state index < -0.39 is 5.82 Å². The zero-order chi connectivity index (χ0) is 26.0. The lowest BCUT2D eigenvalue weighted by molar-refractivity contribution is -0.122. The van der Waals surface area contributed by atoms with Gasteiger partial charge in [0, 0.05) is 28.9 Å². The summed E-state index contributed by atoms with van der Waals surface area (Å²) in [7, 11) is 3.87. The van der Waals surface area contributed by atoms with Crippen LogP contribution in [0.15, 0.2) is 41.8 Å². The summed E-state index contributed by atoms with van der Waals surface area (Å²) in [6.07, 6.45) is 0. The number of amides is 2. The largest absolute Gasteiger partial charge is 0.353 e. The van der Waals surface area contributed by atoms with E-state index in [2.05, 4.69) is 32.2 Å². The van der Waals surface area contributed by atoms with Gasteiger partial charge in [-0.25, -0.2) is 9.07 Å². The van der Waals surface area contributed by atoms with Crippen LogP contribution in [-0.2, 0) is 15.0 Å². The summed E-state index contributed by atoms with van der Waals surface area (Å²) in [4.78, 5) is 31.1. The van der Waals surface area contributed by atoms with Crippen LogP contribution in [-0.4, -0.2) is 66.0 Å². The van der Waals surface area contributed by atoms with Gasteiger partial charge in [0.2, 0.25) is 11.8 Å². The summed E-state index contributed by atoms with van der Waals surface area (Å²) in [5.41, 5.74) is 1.86. The fourth-order valence-electron chi connectivity index (χ4n) is 4.14. The first-order valence-corrected chi connectivity index (χ1v) is 13.7. The molecule has 0 saturated heterocycles. The lowest BCUT2D eigenvalue weighted by Crippen LogP contribution is -2.43. The van der Waals surface area contributed by atoms with Crippen LogP contribution in [0.25, 0.3) is 5.69 Å². The fourth-order valence-corrected chi connectivity index (χ4v) is 6.32. The van der Waals surface area contributed by atoms with Crippen molar-refractivity contribution in [1.82, 2.24) is 20.0 Å². The van der Waals surface area contributed by atoms with Gasteiger partial charge in [-0.15, -0.1) is 23.1 Å². The van der Waals surface area contributed by atoms with Gasteiger partial charge in [-0.1, -0.05) is 32.9 Å². The molecule has 3 aromatic rings. The molecule has 1 N–H and O–H groups in total. The number of aromatic nitrogens is 2. The number of hydrogen-bond acceptors (Lipinski definition) is 6. The summed E-state index contributed by atoms with van der Waals surface area (Å²) in [5, 5.41) is 9.75. The van der Waals surface area contributed by atoms with Gasteiger partial charge in [0.05, 0.1) is 22.4 Å². The Labute approximate surface area is 219 Å². The van der Waals surface area contributed by atoms with Crippen LogP contribution in [0.1, 0.15) is 42.2 Å². The number of anilines is 1. The molecule has 7 nitrogen and oxygen atoms in total. The van der Waals surface area contributed by atoms with Gasteiger partial charge >= 0.3 is 0 Å². The van der Waals surface area contributed by atoms with Crippen LogP contribution in [0.3, 0.4) is 0 Å². The molecule has 0 fully saturated rings. The lowest BCUT2D eigenvalue weighted by Gasteiger charge is -2.24. The molecular weight excluding hydrogens is 497 g/mol. The average molecular weight is 530 g/mol. The minimum atomic E-state index is -0.397. The maximum absolute atomic E-state index is 14.3. The summed E-state index contributed by atoms with van der Waals surface area (Å²) in [6.45, 7) is 7.26. The number of thiophene rings is 1. The topological polar surface area (TPSA) is 70.5 Å². The van der Waals surface area contributed by atoms with Crippen LogP contribution in [0.5, 0.6) is 0 Å². The highest BCUT2D eigenvalue weighted by Crippen LogP contribution is 2.49. The molecule has 1 atom stereocenters. The average Bonchev–Trinajstić information content (AvgIpc) is 3.43. The van der Waals surface area contributed by atoms with Crippen LogP contribution >= 0.6 is 23.1 Å². The van der Waals surface area contributed by atoms with E-state index in [-0.39, 0.29) is 34.8 Å². The second kappa shape index (κ2) is 10.7. The molecule has 192 valence electrons. The third kappa shape index (κ3) is 5.66. The monoisotopic (exact) mass is 529 g/mol. The van der Waals surface area contributed by atoms with Crippen molar-refractivity contribution >= 4 is 40.7 Å². The zero-order valence-electron chi connectivity index (χ0n) is 21.2. The van der Waals surface area contributed by atoms with Crippen molar-refractivity contribution < 1.29 is 14.0 Å². The first-order valence-electron chi connectivity index (χ1n) is 11.8. The van der Waals surface area contributed by atoms with Crippen molar-refractivity contribution in [3.05, 3.63) is 63.7 Å². The molecule has 0 saturated carbocycles. The molecule has 1 aliphatic rings. The van der Waals surface area contributed by atoms with Crippen molar-refractivity contribution in [2.75, 3.05) is 44.4 Å². The maximum atomic E-state index is 14.3. The predicted octanol–water partition coefficient (Wildman–Crippen LogP) is 4.22. The second-order valence-electron chi connectivity index (χ2n) is 10.1. The summed E-state index contributed by atoms with van der Waals surface area (Å²) < 4.78 is 15.9. The molecule has 0 radical (unpaired) electrons. The number of thioether (sulfide) groups is 1. The van der Waals surface area contributed by atoms with Crippen molar-refractivity contribution in [3.63, 3.8) is 0 Å². The Kier molecular flexibility index (Phi) is 7.87. The highest BCUT2D eigenvalue weighted by molar-refractivity contribution is 8.00. The molecule has 0 bridgehead atoms. The Hall–Kier alpha value is -2.69. The van der Waals surface area contributed by atoms with E-state index in [4.69, 9.17) is 5.10 Å². The SMILES string of the molecule is CN(C)CCNC(=O)CN1C(=O)CSC(c2cccs2)c2c(C(C)(C)C)nn(-c3cccc(F)c3)c21. The Morgan fingerprint density at radius 3 is 2.67 bits per heavy atom. The molecule has 36 heavy (non-hydrogen) atoms. The standard InChI is InChI=1S/C26H32FN5O2S2/c1-26(2,3)24-22-23(19-10-7-13-35-19)36-16-21(34)31(15-20(33)28-11-12-30(4)5)25(22)32(29-24)18-9-6-8-17(27)14-18/h6-10,13-14,23H,11-12,15-16H2,1-5H3,(H,28,33). The minimum absolute atomic E-state index is 0.137. The molecular formula is C26H32FN5O2S2. The van der Waals surface area contributed by atoms with Gasteiger partial charge < -0.3 is 10.2 Å². The maximum Gasteiger partial charge on any atom is 0.240 e. The van der Waals surface area contributed by atoms with Crippen LogP contribution in [0, 0.1) is 5.82 Å². The number of fused-ring (bicyclic) bond motifs is 1. The van der Waals surface area contributed by atoms with Crippen LogP contribution in [0.4, 0.5) is 10.2 Å². The number of hydrogen-bond donors (Lipinski definition) is 1. The van der Waals surface area contributed by atoms with Crippen LogP contribution in [0.2, 0.25) is 0 Å². The second-order valence-corrected chi connectivity index (χ2v) is 12.1. The van der Waals surface area contributed by atoms with Crippen molar-refractivity contribution in [1.29, 1.82) is 0 Å². The fraction of sp³-hybridized carbons (Fsp3) is 0.423. The summed E-state index contributed by atoms with van der Waals surface area (Å²) in [5.74, 6) is -0.0800. The highest BCUT2D eigenvalue weighted by atomic mass is 32.2. The number of rotatable bonds is 7. The Bertz CT molecular complexity index is 1230. The van der Waals surface area contributed by atoms with Crippen molar-refractivity contribution in [3.8, 4) is 5.69 Å². The van der Waals surface area contributed by atoms with Gasteiger partial charge in [0.15, 0.2) is 0 Å². The third-order valence-corrected chi connectivity index (χ3v) is 8.16. The Morgan fingerprint density at radius 1 is 1.25 bits per heavy atom. The zero-order valence-corrected chi connectivity index (χ0v) is 22.9. The molecule has 10 heteroatoms. The normalized spacial score (nSPS) is 16.2. The van der Waals surface area contributed by atoms with E-state index in [0.29, 0.717) is 24.6 Å². The molecule has 1 aromatic carbocycles. The number of likely N-dealkylation sites (N-methyl/N-ethyl adjacent to an activating group) is 1. The molecule has 0 spiro atoms. The molecule has 1 aliphatic heterocycles. The third-order valence-electron chi connectivity index (χ3n) is 5.84. The number of halogens is 1. The molecule has 2 aromatic heterocycles. The van der Waals surface area contributed by atoms with Crippen molar-refractivity contribution in [2.24, 2.45) is 0 Å². The van der Waals surface area contributed by atoms with Gasteiger partial charge in [0.1, 0.15) is 18.2 Å². The van der Waals surface area contributed by atoms with Crippen LogP contribution < -0.4 is 10.2 Å². The number of nitrogens with zero attached hydrogens (tertiary/aromatic N) is 4. The van der Waals surface area contributed by atoms with Crippen molar-refractivity contribution in [2.45, 2.75) is 31.4 Å². The quantitative estimate of drug-likeness (QED) is 0.496. The van der Waals surface area contributed by atoms with E-state index >= 15 is 0 Å². The van der Waals surface area contributed by atoms with Gasteiger partial charge in [0.25, 0.3) is 0 Å². The number of benzene rings is 1. The number of carbonyl (C=O) groups excluding carboxylic acids is 2. The Morgan fingerprint density at radius 2 is 2.03 bits per heavy atom. The molecule has 1 unspecified atom stereocenters. The molecule has 2 amide bonds. The minimum Gasteiger partial charge on any atom is -0.353 e. The lowest BCUT2D eigenvalue weighted by atomic mass is 9.88. The summed E-state index contributed by atoms with van der Waals surface area (Å²) >= 11 is 3.17. The van der Waals surface area contributed by atoms with E-state index in [9.17, 15) is 14.0 Å². The molecule has 4 rings (SSSR count). The summed E-state index contributed by atoms with van der Waals surface area (Å²) in [6, 6.07) is 10.2. The van der Waals surface area contributed by atoms with E-state index in [0.717, 1.165) is 16.1 Å². The number of carbonyl (C=O) groups is 2. The van der Waals surface area contributed by atoms with E-state index in [1.807, 2.05) is 30.4 Å². The first kappa shape index (κ1) is 26.4. The van der Waals surface area contributed by atoms with E-state index in [1.165, 1.54) is 17.0 Å². The van der Waals surface area contributed by atoms with Gasteiger partial charge in [-0.05, 0) is 43.7 Å². The molecule has 3 heterocycles. The predicted molar refractivity (Wildman–Crippen MR) is 145 cm³/mol. The van der Waals surface area contributed by atoms with Gasteiger partial charge in [-0.2, -0.15) is 5.10 Å². The van der Waals surface area contributed by atoms with E-state index in [1.54, 1.807) is 39.9 Å². The molecule has 0 aliphatic carbocycles. The highest BCUT2D eigenvalue weighted by Gasteiger charge is 2.40. The number of nitrogens with one attached hydrogen (secondary N) is 1. The smallest absolute Gasteiger partial charge is 0.240 e. The first-order chi connectivity index (χ1) is 17.1. The van der Waals surface area contributed by atoms with Gasteiger partial charge in [-0.3, -0.25) is 14.5 Å².